The number of urea groups is 1. The molecule has 4 nitrogen and oxygen atoms in total. The lowest BCUT2D eigenvalue weighted by atomic mass is 9.81. The molecule has 2 amide bonds. The Bertz CT molecular complexity index is 448. The Morgan fingerprint density at radius 3 is 3.00 bits per heavy atom. The Hall–Kier alpha value is -1.71. The zero-order valence-electron chi connectivity index (χ0n) is 12.3. The van der Waals surface area contributed by atoms with Crippen LogP contribution in [0.3, 0.4) is 0 Å². The van der Waals surface area contributed by atoms with Crippen molar-refractivity contribution in [3.05, 3.63) is 29.8 Å². The third-order valence-electron chi connectivity index (χ3n) is 3.91. The Morgan fingerprint density at radius 1 is 1.40 bits per heavy atom. The Labute approximate surface area is 120 Å². The molecule has 1 aromatic carbocycles. The first-order valence-corrected chi connectivity index (χ1v) is 7.41. The van der Waals surface area contributed by atoms with E-state index in [4.69, 9.17) is 4.74 Å². The highest BCUT2D eigenvalue weighted by Crippen LogP contribution is 2.34. The fourth-order valence-corrected chi connectivity index (χ4v) is 2.92. The smallest absolute Gasteiger partial charge is 0.314 e. The number of carbonyl (C=O) groups excluding carboxylic acids is 1. The van der Waals surface area contributed by atoms with E-state index >= 15 is 0 Å². The monoisotopic (exact) mass is 276 g/mol. The molecule has 2 N–H and O–H groups in total. The summed E-state index contributed by atoms with van der Waals surface area (Å²) in [5.74, 6) is 1.41. The molecule has 0 aliphatic heterocycles. The van der Waals surface area contributed by atoms with Gasteiger partial charge in [0.05, 0.1) is 7.11 Å². The molecule has 20 heavy (non-hydrogen) atoms. The molecule has 0 radical (unpaired) electrons. The zero-order chi connectivity index (χ0) is 14.4. The van der Waals surface area contributed by atoms with Crippen LogP contribution in [0.4, 0.5) is 4.79 Å². The van der Waals surface area contributed by atoms with Crippen molar-refractivity contribution in [3.8, 4) is 5.75 Å². The maximum Gasteiger partial charge on any atom is 0.314 e. The van der Waals surface area contributed by atoms with E-state index in [1.807, 2.05) is 19.1 Å². The largest absolute Gasteiger partial charge is 0.497 e. The van der Waals surface area contributed by atoms with Crippen LogP contribution in [-0.4, -0.2) is 25.7 Å². The van der Waals surface area contributed by atoms with Crippen molar-refractivity contribution in [1.29, 1.82) is 0 Å². The molecule has 1 aliphatic rings. The van der Waals surface area contributed by atoms with E-state index in [9.17, 15) is 4.79 Å². The summed E-state index contributed by atoms with van der Waals surface area (Å²) < 4.78 is 5.29. The molecule has 0 heterocycles. The zero-order valence-corrected chi connectivity index (χ0v) is 12.3. The van der Waals surface area contributed by atoms with E-state index in [0.29, 0.717) is 12.5 Å². The van der Waals surface area contributed by atoms with Gasteiger partial charge in [-0.15, -0.1) is 0 Å². The average molecular weight is 276 g/mol. The van der Waals surface area contributed by atoms with E-state index in [0.717, 1.165) is 25.0 Å². The minimum absolute atomic E-state index is 0.0520. The van der Waals surface area contributed by atoms with Crippen LogP contribution in [0.25, 0.3) is 0 Å². The number of rotatable bonds is 4. The third-order valence-corrected chi connectivity index (χ3v) is 3.91. The van der Waals surface area contributed by atoms with E-state index in [2.05, 4.69) is 22.8 Å². The quantitative estimate of drug-likeness (QED) is 0.888. The van der Waals surface area contributed by atoms with Crippen LogP contribution in [0.2, 0.25) is 0 Å². The second-order valence-electron chi connectivity index (χ2n) is 5.34. The molecular weight excluding hydrogens is 252 g/mol. The first-order valence-electron chi connectivity index (χ1n) is 7.41. The molecule has 1 aromatic rings. The van der Waals surface area contributed by atoms with Gasteiger partial charge in [0.2, 0.25) is 0 Å². The topological polar surface area (TPSA) is 50.4 Å². The highest BCUT2D eigenvalue weighted by molar-refractivity contribution is 5.74. The van der Waals surface area contributed by atoms with Crippen molar-refractivity contribution in [2.45, 2.75) is 44.6 Å². The second kappa shape index (κ2) is 7.17. The fourth-order valence-electron chi connectivity index (χ4n) is 2.92. The van der Waals surface area contributed by atoms with Crippen molar-refractivity contribution < 1.29 is 9.53 Å². The van der Waals surface area contributed by atoms with Crippen LogP contribution in [0.5, 0.6) is 5.75 Å². The second-order valence-corrected chi connectivity index (χ2v) is 5.34. The summed E-state index contributed by atoms with van der Waals surface area (Å²) in [6, 6.07) is 8.49. The number of hydrogen-bond donors (Lipinski definition) is 2. The number of methoxy groups -OCH3 is 1. The van der Waals surface area contributed by atoms with Gasteiger partial charge in [-0.2, -0.15) is 0 Å². The Kier molecular flexibility index (Phi) is 5.27. The lowest BCUT2D eigenvalue weighted by Gasteiger charge is -2.30. The van der Waals surface area contributed by atoms with Crippen LogP contribution in [0, 0.1) is 0 Å². The summed E-state index contributed by atoms with van der Waals surface area (Å²) >= 11 is 0. The predicted octanol–water partition coefficient (Wildman–Crippen LogP) is 3.04. The molecule has 0 unspecified atom stereocenters. The van der Waals surface area contributed by atoms with Gasteiger partial charge in [-0.1, -0.05) is 18.6 Å². The summed E-state index contributed by atoms with van der Waals surface area (Å²) in [6.45, 7) is 2.59. The molecule has 0 bridgehead atoms. The summed E-state index contributed by atoms with van der Waals surface area (Å²) in [7, 11) is 1.69. The van der Waals surface area contributed by atoms with Crippen molar-refractivity contribution in [3.63, 3.8) is 0 Å². The summed E-state index contributed by atoms with van der Waals surface area (Å²) in [5, 5.41) is 5.86. The van der Waals surface area contributed by atoms with Gasteiger partial charge in [-0.25, -0.2) is 4.79 Å². The average Bonchev–Trinajstić information content (AvgIpc) is 2.48. The molecule has 1 fully saturated rings. The van der Waals surface area contributed by atoms with Gasteiger partial charge in [0.15, 0.2) is 0 Å². The Morgan fingerprint density at radius 2 is 2.25 bits per heavy atom. The third kappa shape index (κ3) is 3.89. The number of nitrogens with one attached hydrogen (secondary N) is 2. The van der Waals surface area contributed by atoms with E-state index in [1.54, 1.807) is 7.11 Å². The highest BCUT2D eigenvalue weighted by Gasteiger charge is 2.24. The number of ether oxygens (including phenoxy) is 1. The standard InChI is InChI=1S/C16H24N2O2/c1-3-17-16(19)18-14-8-4-6-12(10-14)13-7-5-9-15(11-13)20-2/h5,7,9,11-12,14H,3-4,6,8,10H2,1-2H3,(H2,17,18,19)/t12-,14+/m0/s1. The summed E-state index contributed by atoms with van der Waals surface area (Å²) in [5.41, 5.74) is 1.31. The minimum Gasteiger partial charge on any atom is -0.497 e. The van der Waals surface area contributed by atoms with Crippen LogP contribution in [0.15, 0.2) is 24.3 Å². The summed E-state index contributed by atoms with van der Waals surface area (Å²) in [6.07, 6.45) is 4.40. The molecule has 1 aliphatic carbocycles. The van der Waals surface area contributed by atoms with E-state index in [-0.39, 0.29) is 12.1 Å². The van der Waals surface area contributed by atoms with Crippen molar-refractivity contribution >= 4 is 6.03 Å². The van der Waals surface area contributed by atoms with Crippen LogP contribution < -0.4 is 15.4 Å². The molecule has 2 atom stereocenters. The summed E-state index contributed by atoms with van der Waals surface area (Å²) in [4.78, 5) is 11.6. The van der Waals surface area contributed by atoms with Crippen LogP contribution in [-0.2, 0) is 0 Å². The van der Waals surface area contributed by atoms with Crippen molar-refractivity contribution in [1.82, 2.24) is 10.6 Å². The van der Waals surface area contributed by atoms with Gasteiger partial charge < -0.3 is 15.4 Å². The Balaban J connectivity index is 1.97. The fraction of sp³-hybridized carbons (Fsp3) is 0.562. The van der Waals surface area contributed by atoms with Gasteiger partial charge in [0, 0.05) is 12.6 Å². The lowest BCUT2D eigenvalue weighted by Crippen LogP contribution is -2.43. The van der Waals surface area contributed by atoms with Crippen LogP contribution in [0.1, 0.15) is 44.1 Å². The van der Waals surface area contributed by atoms with Crippen molar-refractivity contribution in [2.75, 3.05) is 13.7 Å². The molecule has 0 aromatic heterocycles. The van der Waals surface area contributed by atoms with E-state index < -0.39 is 0 Å². The number of amides is 2. The van der Waals surface area contributed by atoms with Gasteiger partial charge >= 0.3 is 6.03 Å². The number of carbonyl (C=O) groups is 1. The predicted molar refractivity (Wildman–Crippen MR) is 80.2 cm³/mol. The van der Waals surface area contributed by atoms with Gasteiger partial charge in [0.1, 0.15) is 5.75 Å². The number of hydrogen-bond acceptors (Lipinski definition) is 2. The first kappa shape index (κ1) is 14.7. The van der Waals surface area contributed by atoms with Gasteiger partial charge in [0.25, 0.3) is 0 Å². The molecule has 2 rings (SSSR count). The molecule has 0 spiro atoms. The molecule has 4 heteroatoms. The molecular formula is C16H24N2O2. The molecule has 1 saturated carbocycles. The normalized spacial score (nSPS) is 22.1. The number of benzene rings is 1. The van der Waals surface area contributed by atoms with Crippen LogP contribution >= 0.6 is 0 Å². The molecule has 0 saturated heterocycles. The maximum atomic E-state index is 11.6. The SMILES string of the molecule is CCNC(=O)N[C@@H]1CCC[C@H](c2cccc(OC)c2)C1. The minimum atomic E-state index is -0.0520. The lowest BCUT2D eigenvalue weighted by molar-refractivity contribution is 0.231. The highest BCUT2D eigenvalue weighted by atomic mass is 16.5. The van der Waals surface area contributed by atoms with Gasteiger partial charge in [-0.05, 0) is 49.8 Å². The van der Waals surface area contributed by atoms with Gasteiger partial charge in [-0.3, -0.25) is 0 Å². The molecule has 110 valence electrons. The first-order chi connectivity index (χ1) is 9.72. The maximum absolute atomic E-state index is 11.6. The van der Waals surface area contributed by atoms with Crippen molar-refractivity contribution in [2.24, 2.45) is 0 Å². The van der Waals surface area contributed by atoms with E-state index in [1.165, 1.54) is 12.0 Å².